The predicted molar refractivity (Wildman–Crippen MR) is 58.8 cm³/mol. The number of carbonyl (C=O) groups excluding carboxylic acids is 1. The minimum Gasteiger partial charge on any atom is -0.495 e. The maximum Gasteiger partial charge on any atom is 0.160 e. The van der Waals surface area contributed by atoms with Gasteiger partial charge in [-0.05, 0) is 17.5 Å². The Morgan fingerprint density at radius 1 is 1.43 bits per heavy atom. The number of methoxy groups -OCH3 is 1. The number of thiophene rings is 1. The molecule has 1 heterocycles. The quantitative estimate of drug-likeness (QED) is 0.734. The van der Waals surface area contributed by atoms with Crippen LogP contribution in [0.4, 0.5) is 0 Å². The first-order valence-electron chi connectivity index (χ1n) is 3.97. The Morgan fingerprint density at radius 3 is 2.86 bits per heavy atom. The molecule has 1 aromatic heterocycles. The molecule has 2 rings (SSSR count). The molecule has 1 aromatic carbocycles. The molecule has 0 aliphatic carbocycles. The fourth-order valence-electron chi connectivity index (χ4n) is 1.32. The van der Waals surface area contributed by atoms with Gasteiger partial charge in [-0.1, -0.05) is 11.6 Å². The molecular weight excluding hydrogens is 220 g/mol. The number of hydrogen-bond acceptors (Lipinski definition) is 3. The summed E-state index contributed by atoms with van der Waals surface area (Å²) in [5, 5.41) is 1.56. The first-order valence-corrected chi connectivity index (χ1v) is 5.16. The topological polar surface area (TPSA) is 26.3 Å². The summed E-state index contributed by atoms with van der Waals surface area (Å²) in [4.78, 5) is 11.3. The molecule has 0 unspecified atom stereocenters. The third kappa shape index (κ3) is 1.49. The number of aldehydes is 1. The van der Waals surface area contributed by atoms with Gasteiger partial charge < -0.3 is 4.74 Å². The molecular formula is C10H7ClO2S. The van der Waals surface area contributed by atoms with E-state index in [1.165, 1.54) is 11.3 Å². The van der Waals surface area contributed by atoms with Crippen molar-refractivity contribution in [2.45, 2.75) is 0 Å². The van der Waals surface area contributed by atoms with Crippen LogP contribution in [0.1, 0.15) is 9.67 Å². The van der Waals surface area contributed by atoms with E-state index in [9.17, 15) is 4.79 Å². The molecule has 0 fully saturated rings. The van der Waals surface area contributed by atoms with E-state index in [0.717, 1.165) is 16.4 Å². The third-order valence-electron chi connectivity index (χ3n) is 1.90. The Hall–Kier alpha value is -1.06. The molecule has 0 radical (unpaired) electrons. The van der Waals surface area contributed by atoms with Crippen molar-refractivity contribution in [1.29, 1.82) is 0 Å². The summed E-state index contributed by atoms with van der Waals surface area (Å²) in [7, 11) is 1.59. The average molecular weight is 227 g/mol. The lowest BCUT2D eigenvalue weighted by atomic mass is 10.2. The normalized spacial score (nSPS) is 10.4. The fraction of sp³-hybridized carbons (Fsp3) is 0.100. The molecule has 0 saturated carbocycles. The van der Waals surface area contributed by atoms with Gasteiger partial charge in [-0.15, -0.1) is 11.3 Å². The van der Waals surface area contributed by atoms with Crippen LogP contribution < -0.4 is 4.74 Å². The molecule has 0 aliphatic rings. The monoisotopic (exact) mass is 226 g/mol. The highest BCUT2D eigenvalue weighted by Gasteiger charge is 2.07. The molecule has 0 spiro atoms. The Morgan fingerprint density at radius 2 is 2.21 bits per heavy atom. The first-order chi connectivity index (χ1) is 6.74. The summed E-state index contributed by atoms with van der Waals surface area (Å²) in [6.45, 7) is 0. The van der Waals surface area contributed by atoms with E-state index in [2.05, 4.69) is 0 Å². The highest BCUT2D eigenvalue weighted by Crippen LogP contribution is 2.35. The summed E-state index contributed by atoms with van der Waals surface area (Å²) in [5.74, 6) is 0.714. The van der Waals surface area contributed by atoms with E-state index in [1.54, 1.807) is 19.2 Å². The van der Waals surface area contributed by atoms with Gasteiger partial charge >= 0.3 is 0 Å². The van der Waals surface area contributed by atoms with Gasteiger partial charge in [0, 0.05) is 11.1 Å². The van der Waals surface area contributed by atoms with E-state index in [-0.39, 0.29) is 0 Å². The Kier molecular flexibility index (Phi) is 2.44. The Balaban J connectivity index is 2.77. The predicted octanol–water partition coefficient (Wildman–Crippen LogP) is 3.38. The second-order valence-electron chi connectivity index (χ2n) is 2.79. The van der Waals surface area contributed by atoms with Crippen molar-refractivity contribution in [1.82, 2.24) is 0 Å². The lowest BCUT2D eigenvalue weighted by Gasteiger charge is -2.01. The number of carbonyl (C=O) groups is 1. The lowest BCUT2D eigenvalue weighted by molar-refractivity contribution is 0.112. The van der Waals surface area contributed by atoms with E-state index in [4.69, 9.17) is 16.3 Å². The van der Waals surface area contributed by atoms with Crippen LogP contribution in [0.3, 0.4) is 0 Å². The van der Waals surface area contributed by atoms with E-state index >= 15 is 0 Å². The SMILES string of the molecule is COc1cc(Cl)cc2cc(C=O)sc12. The van der Waals surface area contributed by atoms with Gasteiger partial charge in [0.2, 0.25) is 0 Å². The van der Waals surface area contributed by atoms with Gasteiger partial charge in [0.05, 0.1) is 16.7 Å². The molecule has 0 aliphatic heterocycles. The van der Waals surface area contributed by atoms with Crippen LogP contribution in [0.25, 0.3) is 10.1 Å². The van der Waals surface area contributed by atoms with Crippen LogP contribution in [0.5, 0.6) is 5.75 Å². The maximum absolute atomic E-state index is 10.6. The zero-order valence-corrected chi connectivity index (χ0v) is 8.98. The summed E-state index contributed by atoms with van der Waals surface area (Å²) >= 11 is 7.30. The second kappa shape index (κ2) is 3.59. The minimum absolute atomic E-state index is 0.615. The smallest absolute Gasteiger partial charge is 0.160 e. The number of fused-ring (bicyclic) bond motifs is 1. The van der Waals surface area contributed by atoms with Crippen molar-refractivity contribution in [3.05, 3.63) is 28.1 Å². The summed E-state index contributed by atoms with van der Waals surface area (Å²) < 4.78 is 6.13. The molecule has 14 heavy (non-hydrogen) atoms. The molecule has 72 valence electrons. The summed E-state index contributed by atoms with van der Waals surface area (Å²) in [5.41, 5.74) is 0. The van der Waals surface area contributed by atoms with E-state index < -0.39 is 0 Å². The average Bonchev–Trinajstić information content (AvgIpc) is 2.59. The van der Waals surface area contributed by atoms with Gasteiger partial charge in [0.25, 0.3) is 0 Å². The van der Waals surface area contributed by atoms with Gasteiger partial charge in [-0.3, -0.25) is 4.79 Å². The van der Waals surface area contributed by atoms with Crippen LogP contribution in [0, 0.1) is 0 Å². The molecule has 0 saturated heterocycles. The van der Waals surface area contributed by atoms with Crippen LogP contribution in [-0.4, -0.2) is 13.4 Å². The number of ether oxygens (including phenoxy) is 1. The van der Waals surface area contributed by atoms with Crippen LogP contribution in [0.15, 0.2) is 18.2 Å². The van der Waals surface area contributed by atoms with Crippen molar-refractivity contribution in [3.8, 4) is 5.75 Å². The number of halogens is 1. The van der Waals surface area contributed by atoms with Gasteiger partial charge in [0.15, 0.2) is 6.29 Å². The summed E-state index contributed by atoms with van der Waals surface area (Å²) in [6, 6.07) is 5.37. The molecule has 0 N–H and O–H groups in total. The second-order valence-corrected chi connectivity index (χ2v) is 4.31. The highest BCUT2D eigenvalue weighted by atomic mass is 35.5. The lowest BCUT2D eigenvalue weighted by Crippen LogP contribution is -1.81. The molecule has 2 aromatic rings. The van der Waals surface area contributed by atoms with Crippen molar-refractivity contribution >= 4 is 39.3 Å². The number of rotatable bonds is 2. The Labute approximate surface area is 90.1 Å². The molecule has 0 amide bonds. The third-order valence-corrected chi connectivity index (χ3v) is 3.21. The van der Waals surface area contributed by atoms with Crippen molar-refractivity contribution < 1.29 is 9.53 Å². The van der Waals surface area contributed by atoms with Gasteiger partial charge in [0.1, 0.15) is 5.75 Å². The van der Waals surface area contributed by atoms with Crippen molar-refractivity contribution in [3.63, 3.8) is 0 Å². The summed E-state index contributed by atoms with van der Waals surface area (Å²) in [6.07, 6.45) is 0.831. The molecule has 4 heteroatoms. The maximum atomic E-state index is 10.6. The van der Waals surface area contributed by atoms with Gasteiger partial charge in [-0.2, -0.15) is 0 Å². The van der Waals surface area contributed by atoms with E-state index in [0.29, 0.717) is 15.6 Å². The van der Waals surface area contributed by atoms with Crippen molar-refractivity contribution in [2.24, 2.45) is 0 Å². The van der Waals surface area contributed by atoms with Crippen LogP contribution in [-0.2, 0) is 0 Å². The van der Waals surface area contributed by atoms with E-state index in [1.807, 2.05) is 6.07 Å². The molecule has 2 nitrogen and oxygen atoms in total. The fourth-order valence-corrected chi connectivity index (χ4v) is 2.48. The van der Waals surface area contributed by atoms with Crippen molar-refractivity contribution in [2.75, 3.05) is 7.11 Å². The number of hydrogen-bond donors (Lipinski definition) is 0. The zero-order chi connectivity index (χ0) is 10.1. The van der Waals surface area contributed by atoms with Gasteiger partial charge in [-0.25, -0.2) is 0 Å². The molecule has 0 atom stereocenters. The zero-order valence-electron chi connectivity index (χ0n) is 7.41. The first kappa shape index (κ1) is 9.49. The standard InChI is InChI=1S/C10H7ClO2S/c1-13-9-4-7(11)2-6-3-8(5-12)14-10(6)9/h2-5H,1H3. The Bertz CT molecular complexity index is 490. The van der Waals surface area contributed by atoms with Crippen LogP contribution in [0.2, 0.25) is 5.02 Å². The number of benzene rings is 1. The van der Waals surface area contributed by atoms with Crippen LogP contribution >= 0.6 is 22.9 Å². The molecule has 0 bridgehead atoms. The largest absolute Gasteiger partial charge is 0.495 e. The minimum atomic E-state index is 0.615. The highest BCUT2D eigenvalue weighted by molar-refractivity contribution is 7.20.